The molecule has 55 heavy (non-hydrogen) atoms. The molecule has 6 rings (SSSR count). The first-order valence-corrected chi connectivity index (χ1v) is 19.1. The molecular formula is C46H97Fe3N3O3. The van der Waals surface area contributed by atoms with Crippen LogP contribution in [0.4, 0.5) is 0 Å². The van der Waals surface area contributed by atoms with Crippen LogP contribution in [0.2, 0.25) is 0 Å². The largest absolute Gasteiger partial charge is 2.00 e. The summed E-state index contributed by atoms with van der Waals surface area (Å²) in [4.78, 5) is 37.7. The van der Waals surface area contributed by atoms with Gasteiger partial charge in [-0.05, 0) is 93.7 Å². The van der Waals surface area contributed by atoms with Crippen molar-refractivity contribution in [3.63, 3.8) is 0 Å². The van der Waals surface area contributed by atoms with E-state index in [4.69, 9.17) is 0 Å². The molecular weight excluding hydrogens is 810 g/mol. The first-order valence-electron chi connectivity index (χ1n) is 19.1. The summed E-state index contributed by atoms with van der Waals surface area (Å²) in [5, 5.41) is 0. The predicted molar refractivity (Wildman–Crippen MR) is 237 cm³/mol. The summed E-state index contributed by atoms with van der Waals surface area (Å²) < 4.78 is 0. The van der Waals surface area contributed by atoms with Gasteiger partial charge in [0.15, 0.2) is 0 Å². The number of hydrogen-bond acceptors (Lipinski definition) is 6. The summed E-state index contributed by atoms with van der Waals surface area (Å²) in [7, 11) is 12.5. The van der Waals surface area contributed by atoms with Crippen molar-refractivity contribution in [2.75, 3.05) is 42.3 Å². The maximum Gasteiger partial charge on any atom is 2.00 e. The number of carbonyl (C=O) groups excluding carboxylic acids is 3. The van der Waals surface area contributed by atoms with Crippen LogP contribution in [0.25, 0.3) is 0 Å². The predicted octanol–water partition coefficient (Wildman–Crippen LogP) is 11.9. The average Bonchev–Trinajstić information content (AvgIpc) is 3.92. The van der Waals surface area contributed by atoms with Crippen molar-refractivity contribution in [2.45, 2.75) is 180 Å². The molecule has 0 heterocycles. The van der Waals surface area contributed by atoms with Crippen LogP contribution in [0.3, 0.4) is 0 Å². The fraction of sp³-hybridized carbons (Fsp3) is 0.804. The molecule has 0 aliphatic heterocycles. The monoisotopic (exact) mass is 908 g/mol. The molecule has 9 heteroatoms. The second-order valence-corrected chi connectivity index (χ2v) is 15.1. The molecule has 338 valence electrons. The van der Waals surface area contributed by atoms with E-state index in [-0.39, 0.29) is 103 Å². The average molecular weight is 908 g/mol. The molecule has 6 nitrogen and oxygen atoms in total. The van der Waals surface area contributed by atoms with Gasteiger partial charge >= 0.3 is 51.2 Å². The van der Waals surface area contributed by atoms with Gasteiger partial charge < -0.3 is 73.6 Å². The van der Waals surface area contributed by atoms with Gasteiger partial charge in [0, 0.05) is 35.9 Å². The minimum atomic E-state index is 0. The van der Waals surface area contributed by atoms with Crippen LogP contribution in [0.5, 0.6) is 0 Å². The molecule has 0 spiro atoms. The Bertz CT molecular complexity index is 671. The van der Waals surface area contributed by atoms with Gasteiger partial charge in [-0.3, -0.25) is 0 Å². The number of nitrogens with zero attached hydrogens (tertiary/aromatic N) is 3. The van der Waals surface area contributed by atoms with Gasteiger partial charge in [0.25, 0.3) is 0 Å². The van der Waals surface area contributed by atoms with Gasteiger partial charge in [-0.15, -0.1) is 0 Å². The Labute approximate surface area is 381 Å². The van der Waals surface area contributed by atoms with Crippen molar-refractivity contribution < 1.29 is 65.6 Å². The Morgan fingerprint density at radius 3 is 0.782 bits per heavy atom. The summed E-state index contributed by atoms with van der Waals surface area (Å²) in [6.45, 7) is 0. The van der Waals surface area contributed by atoms with E-state index in [0.29, 0.717) is 29.8 Å². The van der Waals surface area contributed by atoms with Crippen LogP contribution in [-0.2, 0) is 65.6 Å². The third-order valence-electron chi connectivity index (χ3n) is 10.9. The zero-order valence-corrected chi connectivity index (χ0v) is 41.1. The molecule has 0 bridgehead atoms. The van der Waals surface area contributed by atoms with Gasteiger partial charge in [-0.25, -0.2) is 0 Å². The van der Waals surface area contributed by atoms with E-state index in [0.717, 1.165) is 50.6 Å². The molecule has 0 aromatic heterocycles. The van der Waals surface area contributed by atoms with Gasteiger partial charge in [0.05, 0.1) is 0 Å². The fourth-order valence-corrected chi connectivity index (χ4v) is 7.82. The second kappa shape index (κ2) is 52.5. The number of aldehydes is 3. The molecule has 4 unspecified atom stereocenters. The standard InChI is InChI=1S/2C8H15NO.C7H15N.C6H10O.2C5H10.CH4.6CH3.3Fe/c2*1-9(2)8-5-3-4-7(8)6-10;1-8(2)7-5-3-4-6-7;7-5-6-3-1-2-4-6;2*1-2-4-5-3-1;;;;;;;;;;/h2*6-8H,3-5H2,1-2H3;7H,3-6H2,1-2H3;5-6H,1-4H2;2*1-5H2;1H4;6*1H3;;;/q;;;;;;;6*-1;3*+2. The summed E-state index contributed by atoms with van der Waals surface area (Å²) in [6, 6.07) is 1.92. The van der Waals surface area contributed by atoms with Crippen molar-refractivity contribution in [2.24, 2.45) is 17.8 Å². The number of carbonyl (C=O) groups is 3. The molecule has 6 fully saturated rings. The quantitative estimate of drug-likeness (QED) is 0.150. The van der Waals surface area contributed by atoms with Crippen molar-refractivity contribution >= 4 is 18.9 Å². The Morgan fingerprint density at radius 2 is 0.618 bits per heavy atom. The van der Waals surface area contributed by atoms with E-state index in [1.54, 1.807) is 0 Å². The maximum absolute atomic E-state index is 10.5. The topological polar surface area (TPSA) is 60.9 Å². The summed E-state index contributed by atoms with van der Waals surface area (Å²) in [6.07, 6.45) is 35.9. The zero-order valence-electron chi connectivity index (χ0n) is 37.8. The van der Waals surface area contributed by atoms with Crippen LogP contribution in [0.1, 0.15) is 162 Å². The maximum atomic E-state index is 10.5. The van der Waals surface area contributed by atoms with E-state index >= 15 is 0 Å². The van der Waals surface area contributed by atoms with Gasteiger partial charge in [0.1, 0.15) is 18.9 Å². The van der Waals surface area contributed by atoms with E-state index in [9.17, 15) is 14.4 Å². The molecule has 0 amide bonds. The van der Waals surface area contributed by atoms with Crippen molar-refractivity contribution in [1.29, 1.82) is 0 Å². The molecule has 0 saturated heterocycles. The van der Waals surface area contributed by atoms with Crippen LogP contribution in [-0.4, -0.2) is 94.0 Å². The van der Waals surface area contributed by atoms with Crippen molar-refractivity contribution in [3.05, 3.63) is 44.6 Å². The number of rotatable bonds is 6. The molecule has 0 aromatic rings. The fourth-order valence-electron chi connectivity index (χ4n) is 7.82. The summed E-state index contributed by atoms with van der Waals surface area (Å²) >= 11 is 0. The Morgan fingerprint density at radius 1 is 0.345 bits per heavy atom. The van der Waals surface area contributed by atoms with Crippen molar-refractivity contribution in [3.8, 4) is 0 Å². The van der Waals surface area contributed by atoms with Crippen LogP contribution < -0.4 is 0 Å². The van der Waals surface area contributed by atoms with Crippen LogP contribution >= 0.6 is 0 Å². The molecule has 0 radical (unpaired) electrons. The molecule has 0 N–H and O–H groups in total. The molecule has 6 saturated carbocycles. The minimum absolute atomic E-state index is 0. The minimum Gasteiger partial charge on any atom is -0.358 e. The molecule has 4 atom stereocenters. The summed E-state index contributed by atoms with van der Waals surface area (Å²) in [5.41, 5.74) is 0. The van der Waals surface area contributed by atoms with Crippen molar-refractivity contribution in [1.82, 2.24) is 14.7 Å². The van der Waals surface area contributed by atoms with E-state index in [1.165, 1.54) is 128 Å². The first-order chi connectivity index (χ1) is 21.7. The van der Waals surface area contributed by atoms with Crippen LogP contribution in [0.15, 0.2) is 0 Å². The summed E-state index contributed by atoms with van der Waals surface area (Å²) in [5.74, 6) is 1.02. The van der Waals surface area contributed by atoms with Gasteiger partial charge in [-0.2, -0.15) is 0 Å². The Hall–Kier alpha value is 0.448. The molecule has 6 aliphatic rings. The zero-order chi connectivity index (χ0) is 33.3. The van der Waals surface area contributed by atoms with Gasteiger partial charge in [-0.1, -0.05) is 110 Å². The van der Waals surface area contributed by atoms with Crippen LogP contribution in [0, 0.1) is 62.3 Å². The first kappa shape index (κ1) is 79.6. The Kier molecular flexibility index (Phi) is 75.9. The normalized spacial score (nSPS) is 22.6. The third-order valence-corrected chi connectivity index (χ3v) is 10.9. The van der Waals surface area contributed by atoms with E-state index in [1.807, 2.05) is 28.2 Å². The Balaban J connectivity index is -0.0000000540. The SMILES string of the molecule is C.C1CCCC1.C1CCCC1.CN(C)C1CCCC1.CN(C)C1CCCC1C=O.CN(C)C1CCCC1C=O.O=CC1CCCC1.[CH3-].[CH3-].[CH3-].[CH3-].[CH3-].[CH3-].[Fe+2].[Fe+2].[Fe+2]. The van der Waals surface area contributed by atoms with E-state index in [2.05, 4.69) is 28.8 Å². The molecule has 6 aliphatic carbocycles. The van der Waals surface area contributed by atoms with Gasteiger partial charge in [0.2, 0.25) is 0 Å². The number of hydrogen-bond donors (Lipinski definition) is 0. The smallest absolute Gasteiger partial charge is 0.358 e. The van der Waals surface area contributed by atoms with E-state index < -0.39 is 0 Å². The third kappa shape index (κ3) is 38.4. The second-order valence-electron chi connectivity index (χ2n) is 15.1. The molecule has 0 aromatic carbocycles.